The first-order valence-corrected chi connectivity index (χ1v) is 8.93. The Hall–Kier alpha value is -2.49. The van der Waals surface area contributed by atoms with Gasteiger partial charge in [-0.15, -0.1) is 0 Å². The molecule has 3 rings (SSSR count). The zero-order chi connectivity index (χ0) is 18.2. The second-order valence-electron chi connectivity index (χ2n) is 5.67. The first kappa shape index (κ1) is 18.3. The number of halogens is 2. The molecule has 0 aliphatic rings. The van der Waals surface area contributed by atoms with Gasteiger partial charge < -0.3 is 10.2 Å². The molecular formula is C21H18Cl2N2O. The van der Waals surface area contributed by atoms with E-state index in [-0.39, 0.29) is 0 Å². The Balaban J connectivity index is 1.49. The maximum absolute atomic E-state index is 6.15. The molecule has 1 N–H and O–H groups in total. The van der Waals surface area contributed by atoms with E-state index in [1.165, 1.54) is 5.56 Å². The maximum atomic E-state index is 6.15. The van der Waals surface area contributed by atoms with Crippen LogP contribution < -0.4 is 10.2 Å². The van der Waals surface area contributed by atoms with Crippen LogP contribution in [0.2, 0.25) is 10.0 Å². The summed E-state index contributed by atoms with van der Waals surface area (Å²) in [7, 11) is 0. The van der Waals surface area contributed by atoms with Crippen molar-refractivity contribution in [2.24, 2.45) is 5.10 Å². The van der Waals surface area contributed by atoms with Crippen LogP contribution in [0.4, 0.5) is 0 Å². The zero-order valence-electron chi connectivity index (χ0n) is 14.0. The Labute approximate surface area is 163 Å². The predicted octanol–water partition coefficient (Wildman–Crippen LogP) is 5.70. The van der Waals surface area contributed by atoms with Crippen molar-refractivity contribution in [3.05, 3.63) is 99.5 Å². The van der Waals surface area contributed by atoms with E-state index in [1.54, 1.807) is 18.3 Å². The molecule has 0 aliphatic carbocycles. The summed E-state index contributed by atoms with van der Waals surface area (Å²) in [4.78, 5) is 0. The molecule has 0 aromatic heterocycles. The fourth-order valence-corrected chi connectivity index (χ4v) is 2.77. The van der Waals surface area contributed by atoms with Crippen LogP contribution >= 0.6 is 23.2 Å². The largest absolute Gasteiger partial charge is 0.489 e. The molecule has 132 valence electrons. The Kier molecular flexibility index (Phi) is 6.53. The third kappa shape index (κ3) is 5.51. The molecule has 0 unspecified atom stereocenters. The molecular weight excluding hydrogens is 367 g/mol. The smallest absolute Gasteiger partial charge is 0.119 e. The van der Waals surface area contributed by atoms with Crippen molar-refractivity contribution in [3.8, 4) is 5.75 Å². The third-order valence-corrected chi connectivity index (χ3v) is 4.31. The fourth-order valence-electron chi connectivity index (χ4n) is 2.30. The van der Waals surface area contributed by atoms with Gasteiger partial charge in [0.15, 0.2) is 0 Å². The van der Waals surface area contributed by atoms with E-state index in [0.717, 1.165) is 16.9 Å². The molecule has 0 saturated carbocycles. The van der Waals surface area contributed by atoms with E-state index >= 15 is 0 Å². The lowest BCUT2D eigenvalue weighted by molar-refractivity contribution is 0.306. The topological polar surface area (TPSA) is 33.6 Å². The fraction of sp³-hybridized carbons (Fsp3) is 0.0952. The molecule has 0 amide bonds. The normalized spacial score (nSPS) is 10.8. The van der Waals surface area contributed by atoms with Crippen molar-refractivity contribution in [3.63, 3.8) is 0 Å². The molecule has 0 aliphatic heterocycles. The first-order chi connectivity index (χ1) is 12.7. The lowest BCUT2D eigenvalue weighted by Gasteiger charge is -2.08. The molecule has 3 nitrogen and oxygen atoms in total. The van der Waals surface area contributed by atoms with E-state index in [4.69, 9.17) is 27.9 Å². The average molecular weight is 385 g/mol. The number of ether oxygens (including phenoxy) is 1. The molecule has 0 spiro atoms. The highest BCUT2D eigenvalue weighted by Crippen LogP contribution is 2.22. The third-order valence-electron chi connectivity index (χ3n) is 3.72. The summed E-state index contributed by atoms with van der Waals surface area (Å²) < 4.78 is 5.76. The summed E-state index contributed by atoms with van der Waals surface area (Å²) in [5.74, 6) is 0.769. The van der Waals surface area contributed by atoms with Gasteiger partial charge >= 0.3 is 0 Å². The maximum Gasteiger partial charge on any atom is 0.119 e. The Morgan fingerprint density at radius 2 is 1.69 bits per heavy atom. The quantitative estimate of drug-likeness (QED) is 0.418. The molecule has 0 radical (unpaired) electrons. The van der Waals surface area contributed by atoms with E-state index in [2.05, 4.69) is 22.7 Å². The van der Waals surface area contributed by atoms with Crippen LogP contribution in [0.5, 0.6) is 5.75 Å². The Morgan fingerprint density at radius 3 is 2.42 bits per heavy atom. The van der Waals surface area contributed by atoms with Crippen molar-refractivity contribution in [2.75, 3.05) is 0 Å². The number of hydrogen-bond acceptors (Lipinski definition) is 3. The van der Waals surface area contributed by atoms with Crippen molar-refractivity contribution in [1.82, 2.24) is 5.43 Å². The summed E-state index contributed by atoms with van der Waals surface area (Å²) >= 11 is 12.0. The van der Waals surface area contributed by atoms with Gasteiger partial charge in [-0.2, -0.15) is 5.10 Å². The lowest BCUT2D eigenvalue weighted by Crippen LogP contribution is -2.05. The highest BCUT2D eigenvalue weighted by molar-refractivity contribution is 6.35. The van der Waals surface area contributed by atoms with Gasteiger partial charge in [-0.05, 0) is 47.5 Å². The number of rotatable bonds is 7. The minimum atomic E-state index is 0.391. The molecule has 0 heterocycles. The molecule has 5 heteroatoms. The molecule has 3 aromatic carbocycles. The van der Waals surface area contributed by atoms with Crippen LogP contribution in [-0.2, 0) is 13.2 Å². The summed E-state index contributed by atoms with van der Waals surface area (Å²) in [5.41, 5.74) is 6.11. The van der Waals surface area contributed by atoms with Gasteiger partial charge in [0.05, 0.1) is 12.8 Å². The number of nitrogens with zero attached hydrogens (tertiary/aromatic N) is 1. The number of hydrazone groups is 1. The second-order valence-corrected chi connectivity index (χ2v) is 6.52. The molecule has 0 bridgehead atoms. The van der Waals surface area contributed by atoms with Crippen LogP contribution in [-0.4, -0.2) is 6.21 Å². The van der Waals surface area contributed by atoms with Gasteiger partial charge in [-0.3, -0.25) is 0 Å². The number of benzene rings is 3. The SMILES string of the molecule is Clc1ccc(COc2ccc(C=NNCc3ccccc3)cc2)c(Cl)c1. The van der Waals surface area contributed by atoms with Crippen molar-refractivity contribution in [1.29, 1.82) is 0 Å². The van der Waals surface area contributed by atoms with Crippen LogP contribution in [0.3, 0.4) is 0 Å². The molecule has 0 atom stereocenters. The molecule has 26 heavy (non-hydrogen) atoms. The molecule has 0 fully saturated rings. The monoisotopic (exact) mass is 384 g/mol. The van der Waals surface area contributed by atoms with Gasteiger partial charge in [0.25, 0.3) is 0 Å². The minimum Gasteiger partial charge on any atom is -0.489 e. The minimum absolute atomic E-state index is 0.391. The van der Waals surface area contributed by atoms with Crippen LogP contribution in [0, 0.1) is 0 Å². The highest BCUT2D eigenvalue weighted by atomic mass is 35.5. The zero-order valence-corrected chi connectivity index (χ0v) is 15.5. The summed E-state index contributed by atoms with van der Waals surface area (Å²) in [6.45, 7) is 1.09. The van der Waals surface area contributed by atoms with E-state index < -0.39 is 0 Å². The van der Waals surface area contributed by atoms with Crippen molar-refractivity contribution < 1.29 is 4.74 Å². The number of nitrogens with one attached hydrogen (secondary N) is 1. The van der Waals surface area contributed by atoms with E-state index in [0.29, 0.717) is 23.2 Å². The van der Waals surface area contributed by atoms with Crippen molar-refractivity contribution >= 4 is 29.4 Å². The van der Waals surface area contributed by atoms with E-state index in [9.17, 15) is 0 Å². The lowest BCUT2D eigenvalue weighted by atomic mass is 10.2. The molecule has 3 aromatic rings. The van der Waals surface area contributed by atoms with Gasteiger partial charge in [0, 0.05) is 15.6 Å². The standard InChI is InChI=1S/C21H18Cl2N2O/c22-19-9-8-18(21(23)12-19)15-26-20-10-6-17(7-11-20)14-25-24-13-16-4-2-1-3-5-16/h1-12,14,24H,13,15H2. The van der Waals surface area contributed by atoms with Crippen LogP contribution in [0.15, 0.2) is 77.9 Å². The predicted molar refractivity (Wildman–Crippen MR) is 108 cm³/mol. The Morgan fingerprint density at radius 1 is 0.923 bits per heavy atom. The van der Waals surface area contributed by atoms with Crippen LogP contribution in [0.25, 0.3) is 0 Å². The molecule has 0 saturated heterocycles. The first-order valence-electron chi connectivity index (χ1n) is 8.17. The summed E-state index contributed by atoms with van der Waals surface area (Å²) in [5, 5.41) is 5.45. The van der Waals surface area contributed by atoms with E-state index in [1.807, 2.05) is 48.5 Å². The highest BCUT2D eigenvalue weighted by Gasteiger charge is 2.02. The summed E-state index contributed by atoms with van der Waals surface area (Å²) in [6.07, 6.45) is 1.78. The van der Waals surface area contributed by atoms with Gasteiger partial charge in [-0.25, -0.2) is 0 Å². The van der Waals surface area contributed by atoms with Crippen LogP contribution in [0.1, 0.15) is 16.7 Å². The summed E-state index contributed by atoms with van der Waals surface area (Å²) in [6, 6.07) is 23.2. The van der Waals surface area contributed by atoms with Crippen molar-refractivity contribution in [2.45, 2.75) is 13.2 Å². The second kappa shape index (κ2) is 9.27. The number of hydrogen-bond donors (Lipinski definition) is 1. The van der Waals surface area contributed by atoms with Gasteiger partial charge in [0.2, 0.25) is 0 Å². The van der Waals surface area contributed by atoms with Gasteiger partial charge in [0.1, 0.15) is 12.4 Å². The average Bonchev–Trinajstić information content (AvgIpc) is 2.66. The Bertz CT molecular complexity index is 865. The van der Waals surface area contributed by atoms with Gasteiger partial charge in [-0.1, -0.05) is 59.6 Å².